The van der Waals surface area contributed by atoms with Gasteiger partial charge in [0.15, 0.2) is 5.82 Å². The van der Waals surface area contributed by atoms with Crippen molar-refractivity contribution < 1.29 is 4.79 Å². The number of unbranched alkanes of at least 4 members (excludes halogenated alkanes) is 1. The molecule has 2 aromatic heterocycles. The number of benzene rings is 1. The van der Waals surface area contributed by atoms with Gasteiger partial charge in [-0.05, 0) is 38.4 Å². The summed E-state index contributed by atoms with van der Waals surface area (Å²) in [5.41, 5.74) is 9.00. The molecule has 0 saturated heterocycles. The number of H-pyrrole nitrogens is 2. The number of rotatable bonds is 6. The van der Waals surface area contributed by atoms with Crippen LogP contribution in [0.15, 0.2) is 24.3 Å². The summed E-state index contributed by atoms with van der Waals surface area (Å²) >= 11 is 0. The normalized spacial score (nSPS) is 11.0. The Hall–Kier alpha value is -2.67. The molecule has 0 bridgehead atoms. The van der Waals surface area contributed by atoms with Crippen molar-refractivity contribution in [2.75, 3.05) is 13.1 Å². The van der Waals surface area contributed by atoms with E-state index >= 15 is 0 Å². The van der Waals surface area contributed by atoms with Gasteiger partial charge in [0, 0.05) is 12.2 Å². The third-order valence-corrected chi connectivity index (χ3v) is 3.70. The van der Waals surface area contributed by atoms with Gasteiger partial charge < -0.3 is 16.0 Å². The number of aromatic amines is 2. The first-order chi connectivity index (χ1) is 11.2. The van der Waals surface area contributed by atoms with E-state index in [9.17, 15) is 4.79 Å². The van der Waals surface area contributed by atoms with Gasteiger partial charge in [0.1, 0.15) is 5.69 Å². The summed E-state index contributed by atoms with van der Waals surface area (Å²) < 4.78 is 0. The third-order valence-electron chi connectivity index (χ3n) is 3.70. The zero-order chi connectivity index (χ0) is 16.2. The van der Waals surface area contributed by atoms with Gasteiger partial charge in [-0.15, -0.1) is 0 Å². The Morgan fingerprint density at radius 2 is 2.13 bits per heavy atom. The molecule has 0 aliphatic rings. The van der Waals surface area contributed by atoms with Crippen molar-refractivity contribution in [1.29, 1.82) is 0 Å². The van der Waals surface area contributed by atoms with E-state index in [-0.39, 0.29) is 5.91 Å². The standard InChI is InChI=1S/C16H20N6O/c1-10-13(16(23)18-9-5-4-8-17)14(22-21-10)15-19-11-6-2-3-7-12(11)20-15/h2-3,6-7H,4-5,8-9,17H2,1H3,(H,18,23)(H,19,20)(H,21,22). The molecule has 0 saturated carbocycles. The summed E-state index contributed by atoms with van der Waals surface area (Å²) in [6.45, 7) is 3.05. The molecule has 120 valence electrons. The van der Waals surface area contributed by atoms with Crippen molar-refractivity contribution in [2.45, 2.75) is 19.8 Å². The Labute approximate surface area is 133 Å². The molecule has 0 unspecified atom stereocenters. The molecule has 0 atom stereocenters. The van der Waals surface area contributed by atoms with Gasteiger partial charge in [-0.1, -0.05) is 12.1 Å². The molecule has 0 spiro atoms. The van der Waals surface area contributed by atoms with E-state index in [1.54, 1.807) is 0 Å². The maximum absolute atomic E-state index is 12.5. The molecule has 5 N–H and O–H groups in total. The maximum Gasteiger partial charge on any atom is 0.255 e. The average Bonchev–Trinajstić information content (AvgIpc) is 3.14. The largest absolute Gasteiger partial charge is 0.352 e. The van der Waals surface area contributed by atoms with Crippen LogP contribution in [0.4, 0.5) is 0 Å². The lowest BCUT2D eigenvalue weighted by Gasteiger charge is -2.05. The van der Waals surface area contributed by atoms with Crippen LogP contribution in [0.3, 0.4) is 0 Å². The van der Waals surface area contributed by atoms with Gasteiger partial charge in [0.25, 0.3) is 5.91 Å². The topological polar surface area (TPSA) is 112 Å². The summed E-state index contributed by atoms with van der Waals surface area (Å²) in [6.07, 6.45) is 1.75. The number of imidazole rings is 1. The predicted octanol–water partition coefficient (Wildman–Crippen LogP) is 1.73. The van der Waals surface area contributed by atoms with Crippen LogP contribution in [0, 0.1) is 6.92 Å². The molecule has 3 aromatic rings. The monoisotopic (exact) mass is 312 g/mol. The summed E-state index contributed by atoms with van der Waals surface area (Å²) in [5, 5.41) is 10.0. The number of nitrogens with one attached hydrogen (secondary N) is 3. The molecule has 7 nitrogen and oxygen atoms in total. The molecular weight excluding hydrogens is 292 g/mol. The second-order valence-corrected chi connectivity index (χ2v) is 5.43. The van der Waals surface area contributed by atoms with Crippen molar-refractivity contribution in [1.82, 2.24) is 25.5 Å². The molecule has 23 heavy (non-hydrogen) atoms. The summed E-state index contributed by atoms with van der Waals surface area (Å²) in [7, 11) is 0. The first-order valence-corrected chi connectivity index (χ1v) is 7.69. The minimum Gasteiger partial charge on any atom is -0.352 e. The quantitative estimate of drug-likeness (QED) is 0.519. The van der Waals surface area contributed by atoms with Gasteiger partial charge in [0.05, 0.1) is 16.6 Å². The van der Waals surface area contributed by atoms with Gasteiger partial charge in [-0.25, -0.2) is 4.98 Å². The van der Waals surface area contributed by atoms with Crippen LogP contribution < -0.4 is 11.1 Å². The third kappa shape index (κ3) is 3.09. The predicted molar refractivity (Wildman–Crippen MR) is 89.0 cm³/mol. The van der Waals surface area contributed by atoms with E-state index in [4.69, 9.17) is 5.73 Å². The molecule has 2 heterocycles. The number of aromatic nitrogens is 4. The van der Waals surface area contributed by atoms with Crippen LogP contribution in [0.25, 0.3) is 22.6 Å². The zero-order valence-electron chi connectivity index (χ0n) is 13.0. The van der Waals surface area contributed by atoms with E-state index < -0.39 is 0 Å². The van der Waals surface area contributed by atoms with Crippen LogP contribution in [0.2, 0.25) is 0 Å². The number of amides is 1. The number of para-hydroxylation sites is 2. The Kier molecular flexibility index (Phi) is 4.38. The van der Waals surface area contributed by atoms with E-state index in [0.717, 1.165) is 29.6 Å². The van der Waals surface area contributed by atoms with Crippen LogP contribution in [-0.2, 0) is 0 Å². The van der Waals surface area contributed by atoms with Gasteiger partial charge >= 0.3 is 0 Å². The zero-order valence-corrected chi connectivity index (χ0v) is 13.0. The van der Waals surface area contributed by atoms with Crippen molar-refractivity contribution in [3.8, 4) is 11.5 Å². The van der Waals surface area contributed by atoms with Crippen molar-refractivity contribution in [3.63, 3.8) is 0 Å². The molecule has 0 radical (unpaired) electrons. The molecule has 7 heteroatoms. The fourth-order valence-electron chi connectivity index (χ4n) is 2.50. The highest BCUT2D eigenvalue weighted by atomic mass is 16.1. The van der Waals surface area contributed by atoms with E-state index in [2.05, 4.69) is 25.5 Å². The lowest BCUT2D eigenvalue weighted by atomic mass is 10.1. The second kappa shape index (κ2) is 6.62. The van der Waals surface area contributed by atoms with Crippen molar-refractivity contribution in [3.05, 3.63) is 35.5 Å². The van der Waals surface area contributed by atoms with Crippen LogP contribution in [-0.4, -0.2) is 39.2 Å². The minimum atomic E-state index is -0.149. The Bertz CT molecular complexity index is 786. The smallest absolute Gasteiger partial charge is 0.255 e. The lowest BCUT2D eigenvalue weighted by Crippen LogP contribution is -2.25. The van der Waals surface area contributed by atoms with Crippen molar-refractivity contribution in [2.24, 2.45) is 5.73 Å². The fraction of sp³-hybridized carbons (Fsp3) is 0.312. The molecule has 3 rings (SSSR count). The number of carbonyl (C=O) groups is 1. The van der Waals surface area contributed by atoms with Gasteiger partial charge in [-0.2, -0.15) is 5.10 Å². The average molecular weight is 312 g/mol. The van der Waals surface area contributed by atoms with Gasteiger partial charge in [-0.3, -0.25) is 9.89 Å². The number of aryl methyl sites for hydroxylation is 1. The summed E-state index contributed by atoms with van der Waals surface area (Å²) in [5.74, 6) is 0.436. The lowest BCUT2D eigenvalue weighted by molar-refractivity contribution is 0.0953. The number of nitrogens with zero attached hydrogens (tertiary/aromatic N) is 2. The molecule has 0 fully saturated rings. The van der Waals surface area contributed by atoms with Crippen LogP contribution in [0.1, 0.15) is 28.9 Å². The fourth-order valence-corrected chi connectivity index (χ4v) is 2.50. The van der Waals surface area contributed by atoms with E-state index in [0.29, 0.717) is 30.2 Å². The van der Waals surface area contributed by atoms with E-state index in [1.165, 1.54) is 0 Å². The second-order valence-electron chi connectivity index (χ2n) is 5.43. The Morgan fingerprint density at radius 3 is 2.91 bits per heavy atom. The SMILES string of the molecule is Cc1[nH]nc(-c2nc3ccccc3[nH]2)c1C(=O)NCCCCN. The summed E-state index contributed by atoms with van der Waals surface area (Å²) in [4.78, 5) is 20.2. The van der Waals surface area contributed by atoms with Crippen LogP contribution >= 0.6 is 0 Å². The number of hydrogen-bond donors (Lipinski definition) is 4. The highest BCUT2D eigenvalue weighted by molar-refractivity contribution is 6.00. The molecule has 0 aliphatic heterocycles. The number of nitrogens with two attached hydrogens (primary N) is 1. The molecule has 0 aliphatic carbocycles. The number of fused-ring (bicyclic) bond motifs is 1. The van der Waals surface area contributed by atoms with Gasteiger partial charge in [0.2, 0.25) is 0 Å². The summed E-state index contributed by atoms with van der Waals surface area (Å²) in [6, 6.07) is 7.72. The number of hydrogen-bond acceptors (Lipinski definition) is 4. The first kappa shape index (κ1) is 15.2. The maximum atomic E-state index is 12.5. The first-order valence-electron chi connectivity index (χ1n) is 7.69. The molecule has 1 aromatic carbocycles. The highest BCUT2D eigenvalue weighted by Crippen LogP contribution is 2.23. The minimum absolute atomic E-state index is 0.149. The molecular formula is C16H20N6O. The highest BCUT2D eigenvalue weighted by Gasteiger charge is 2.21. The Morgan fingerprint density at radius 1 is 1.30 bits per heavy atom. The van der Waals surface area contributed by atoms with Crippen LogP contribution in [0.5, 0.6) is 0 Å². The van der Waals surface area contributed by atoms with Crippen molar-refractivity contribution >= 4 is 16.9 Å². The number of carbonyl (C=O) groups excluding carboxylic acids is 1. The molecule has 1 amide bonds. The Balaban J connectivity index is 1.87. The van der Waals surface area contributed by atoms with E-state index in [1.807, 2.05) is 31.2 Å².